The molecule has 0 aliphatic heterocycles. The van der Waals surface area contributed by atoms with Gasteiger partial charge in [0.25, 0.3) is 5.91 Å². The molecule has 2 atom stereocenters. The summed E-state index contributed by atoms with van der Waals surface area (Å²) in [5.41, 5.74) is 6.28. The standard InChI is InChI=1S/C11H15N3O2S/c12-10(14-16)8-2-1-3-9(8)13-11(15)7-4-5-17-6-7/h4-6,8-9,16H,1-3H2,(H2,12,14)(H,13,15). The molecule has 2 unspecified atom stereocenters. The van der Waals surface area contributed by atoms with E-state index in [2.05, 4.69) is 10.5 Å². The lowest BCUT2D eigenvalue weighted by atomic mass is 10.0. The van der Waals surface area contributed by atoms with Crippen LogP contribution in [0.15, 0.2) is 22.0 Å². The lowest BCUT2D eigenvalue weighted by molar-refractivity contribution is 0.0934. The second-order valence-electron chi connectivity index (χ2n) is 4.15. The first-order valence-corrected chi connectivity index (χ1v) is 6.47. The van der Waals surface area contributed by atoms with Crippen molar-refractivity contribution in [2.75, 3.05) is 0 Å². The summed E-state index contributed by atoms with van der Waals surface area (Å²) in [4.78, 5) is 11.9. The summed E-state index contributed by atoms with van der Waals surface area (Å²) < 4.78 is 0. The molecular weight excluding hydrogens is 238 g/mol. The highest BCUT2D eigenvalue weighted by Crippen LogP contribution is 2.26. The first kappa shape index (κ1) is 11.9. The van der Waals surface area contributed by atoms with Gasteiger partial charge in [-0.2, -0.15) is 11.3 Å². The van der Waals surface area contributed by atoms with Crippen LogP contribution < -0.4 is 11.1 Å². The van der Waals surface area contributed by atoms with E-state index < -0.39 is 0 Å². The molecule has 0 spiro atoms. The van der Waals surface area contributed by atoms with Crippen LogP contribution in [0, 0.1) is 5.92 Å². The normalized spacial score (nSPS) is 24.8. The highest BCUT2D eigenvalue weighted by molar-refractivity contribution is 7.08. The molecule has 1 aliphatic carbocycles. The number of carbonyl (C=O) groups excluding carboxylic acids is 1. The van der Waals surface area contributed by atoms with Gasteiger partial charge in [-0.15, -0.1) is 0 Å². The van der Waals surface area contributed by atoms with Crippen molar-refractivity contribution in [1.29, 1.82) is 0 Å². The van der Waals surface area contributed by atoms with Crippen LogP contribution in [0.3, 0.4) is 0 Å². The lowest BCUT2D eigenvalue weighted by Gasteiger charge is -2.19. The molecule has 4 N–H and O–H groups in total. The summed E-state index contributed by atoms with van der Waals surface area (Å²) >= 11 is 1.49. The molecule has 1 amide bonds. The van der Waals surface area contributed by atoms with E-state index in [0.29, 0.717) is 5.56 Å². The van der Waals surface area contributed by atoms with Gasteiger partial charge in [0.05, 0.1) is 0 Å². The van der Waals surface area contributed by atoms with Gasteiger partial charge in [0.1, 0.15) is 5.84 Å². The molecule has 1 aromatic heterocycles. The Morgan fingerprint density at radius 2 is 2.41 bits per heavy atom. The molecule has 0 bridgehead atoms. The van der Waals surface area contributed by atoms with Crippen LogP contribution in [0.2, 0.25) is 0 Å². The second kappa shape index (κ2) is 5.18. The Hall–Kier alpha value is -1.56. The third kappa shape index (κ3) is 2.58. The van der Waals surface area contributed by atoms with Crippen LogP contribution in [0.5, 0.6) is 0 Å². The molecule has 0 radical (unpaired) electrons. The van der Waals surface area contributed by atoms with Crippen molar-refractivity contribution in [1.82, 2.24) is 5.32 Å². The Bertz CT molecular complexity index is 416. The zero-order valence-corrected chi connectivity index (χ0v) is 10.1. The van der Waals surface area contributed by atoms with Gasteiger partial charge in [-0.3, -0.25) is 4.79 Å². The van der Waals surface area contributed by atoms with Gasteiger partial charge >= 0.3 is 0 Å². The Morgan fingerprint density at radius 1 is 1.59 bits per heavy atom. The molecule has 1 saturated carbocycles. The molecule has 1 fully saturated rings. The van der Waals surface area contributed by atoms with Gasteiger partial charge in [0.15, 0.2) is 0 Å². The molecule has 1 aliphatic rings. The highest BCUT2D eigenvalue weighted by Gasteiger charge is 2.31. The molecular formula is C11H15N3O2S. The van der Waals surface area contributed by atoms with Gasteiger partial charge in [-0.05, 0) is 24.3 Å². The molecule has 1 heterocycles. The van der Waals surface area contributed by atoms with Crippen molar-refractivity contribution in [2.45, 2.75) is 25.3 Å². The molecule has 6 heteroatoms. The van der Waals surface area contributed by atoms with Crippen LogP contribution in [0.1, 0.15) is 29.6 Å². The maximum atomic E-state index is 11.9. The number of nitrogens with zero attached hydrogens (tertiary/aromatic N) is 1. The summed E-state index contributed by atoms with van der Waals surface area (Å²) in [5.74, 6) is 0.0644. The minimum Gasteiger partial charge on any atom is -0.409 e. The second-order valence-corrected chi connectivity index (χ2v) is 4.93. The maximum absolute atomic E-state index is 11.9. The first-order valence-electron chi connectivity index (χ1n) is 5.53. The Kier molecular flexibility index (Phi) is 3.63. The average Bonchev–Trinajstić information content (AvgIpc) is 2.98. The molecule has 5 nitrogen and oxygen atoms in total. The number of hydrogen-bond acceptors (Lipinski definition) is 4. The van der Waals surface area contributed by atoms with E-state index in [0.717, 1.165) is 19.3 Å². The molecule has 0 aromatic carbocycles. The predicted octanol–water partition coefficient (Wildman–Crippen LogP) is 1.39. The van der Waals surface area contributed by atoms with Crippen molar-refractivity contribution in [3.05, 3.63) is 22.4 Å². The largest absolute Gasteiger partial charge is 0.409 e. The number of nitrogens with two attached hydrogens (primary N) is 1. The third-order valence-corrected chi connectivity index (χ3v) is 3.79. The van der Waals surface area contributed by atoms with E-state index >= 15 is 0 Å². The van der Waals surface area contributed by atoms with Crippen molar-refractivity contribution < 1.29 is 10.0 Å². The predicted molar refractivity (Wildman–Crippen MR) is 66.3 cm³/mol. The molecule has 92 valence electrons. The van der Waals surface area contributed by atoms with E-state index in [-0.39, 0.29) is 23.7 Å². The smallest absolute Gasteiger partial charge is 0.252 e. The SMILES string of the molecule is NC(=NO)C1CCCC1NC(=O)c1ccsc1. The molecule has 0 saturated heterocycles. The lowest BCUT2D eigenvalue weighted by Crippen LogP contribution is -2.42. The minimum absolute atomic E-state index is 0.0294. The highest BCUT2D eigenvalue weighted by atomic mass is 32.1. The molecule has 1 aromatic rings. The number of amidine groups is 1. The monoisotopic (exact) mass is 253 g/mol. The fraction of sp³-hybridized carbons (Fsp3) is 0.455. The van der Waals surface area contributed by atoms with Crippen molar-refractivity contribution in [3.8, 4) is 0 Å². The summed E-state index contributed by atoms with van der Waals surface area (Å²) in [5, 5.41) is 18.3. The van der Waals surface area contributed by atoms with E-state index in [9.17, 15) is 4.79 Å². The van der Waals surface area contributed by atoms with Gasteiger partial charge in [-0.1, -0.05) is 11.6 Å². The number of amides is 1. The fourth-order valence-electron chi connectivity index (χ4n) is 2.21. The average molecular weight is 253 g/mol. The van der Waals surface area contributed by atoms with E-state index in [1.807, 2.05) is 10.8 Å². The van der Waals surface area contributed by atoms with E-state index in [1.54, 1.807) is 6.07 Å². The third-order valence-electron chi connectivity index (χ3n) is 3.11. The number of oxime groups is 1. The van der Waals surface area contributed by atoms with Crippen LogP contribution in [-0.4, -0.2) is 23.0 Å². The van der Waals surface area contributed by atoms with E-state index in [1.165, 1.54) is 11.3 Å². The van der Waals surface area contributed by atoms with Crippen LogP contribution in [0.25, 0.3) is 0 Å². The summed E-state index contributed by atoms with van der Waals surface area (Å²) in [7, 11) is 0. The summed E-state index contributed by atoms with van der Waals surface area (Å²) in [6, 6.07) is 1.76. The van der Waals surface area contributed by atoms with E-state index in [4.69, 9.17) is 10.9 Å². The number of carbonyl (C=O) groups is 1. The summed E-state index contributed by atoms with van der Waals surface area (Å²) in [6.45, 7) is 0. The number of thiophene rings is 1. The Labute approximate surface area is 103 Å². The van der Waals surface area contributed by atoms with Crippen LogP contribution in [-0.2, 0) is 0 Å². The number of nitrogens with one attached hydrogen (secondary N) is 1. The first-order chi connectivity index (χ1) is 8.22. The van der Waals surface area contributed by atoms with Crippen molar-refractivity contribution in [3.63, 3.8) is 0 Å². The zero-order valence-electron chi connectivity index (χ0n) is 9.30. The zero-order chi connectivity index (χ0) is 12.3. The van der Waals surface area contributed by atoms with Gasteiger partial charge in [0, 0.05) is 22.9 Å². The van der Waals surface area contributed by atoms with Gasteiger partial charge in [0.2, 0.25) is 0 Å². The summed E-state index contributed by atoms with van der Waals surface area (Å²) in [6.07, 6.45) is 2.71. The topological polar surface area (TPSA) is 87.7 Å². The van der Waals surface area contributed by atoms with Crippen LogP contribution in [0.4, 0.5) is 0 Å². The number of rotatable bonds is 3. The van der Waals surface area contributed by atoms with Crippen LogP contribution >= 0.6 is 11.3 Å². The van der Waals surface area contributed by atoms with Gasteiger partial charge < -0.3 is 16.3 Å². The van der Waals surface area contributed by atoms with Crippen molar-refractivity contribution in [2.24, 2.45) is 16.8 Å². The number of hydrogen-bond donors (Lipinski definition) is 3. The fourth-order valence-corrected chi connectivity index (χ4v) is 2.84. The molecule has 2 rings (SSSR count). The van der Waals surface area contributed by atoms with Gasteiger partial charge in [-0.25, -0.2) is 0 Å². The minimum atomic E-state index is -0.0890. The maximum Gasteiger partial charge on any atom is 0.252 e. The Morgan fingerprint density at radius 3 is 3.06 bits per heavy atom. The molecule has 17 heavy (non-hydrogen) atoms. The van der Waals surface area contributed by atoms with Crippen molar-refractivity contribution >= 4 is 23.1 Å². The quantitative estimate of drug-likeness (QED) is 0.329. The Balaban J connectivity index is 2.01.